The van der Waals surface area contributed by atoms with E-state index in [4.69, 9.17) is 16.9 Å². The van der Waals surface area contributed by atoms with Gasteiger partial charge >= 0.3 is 0 Å². The van der Waals surface area contributed by atoms with E-state index in [-0.39, 0.29) is 0 Å². The van der Waals surface area contributed by atoms with Crippen LogP contribution in [0.5, 0.6) is 0 Å². The van der Waals surface area contributed by atoms with Crippen molar-refractivity contribution in [3.63, 3.8) is 0 Å². The molecule has 0 amide bonds. The molecule has 0 spiro atoms. The monoisotopic (exact) mass is 321 g/mol. The summed E-state index contributed by atoms with van der Waals surface area (Å²) >= 11 is 9.21. The molecule has 1 heterocycles. The van der Waals surface area contributed by atoms with Crippen molar-refractivity contribution in [2.45, 2.75) is 6.92 Å². The average Bonchev–Trinajstić information content (AvgIpc) is 2.33. The zero-order chi connectivity index (χ0) is 13.1. The minimum Gasteiger partial charge on any atom is -0.338 e. The molecule has 18 heavy (non-hydrogen) atoms. The van der Waals surface area contributed by atoms with Gasteiger partial charge in [-0.2, -0.15) is 5.26 Å². The highest BCUT2D eigenvalue weighted by atomic mass is 79.9. The summed E-state index contributed by atoms with van der Waals surface area (Å²) in [5, 5.41) is 12.8. The molecule has 90 valence electrons. The van der Waals surface area contributed by atoms with Crippen LogP contribution in [0.1, 0.15) is 11.1 Å². The van der Waals surface area contributed by atoms with Gasteiger partial charge in [0.25, 0.3) is 0 Å². The highest BCUT2D eigenvalue weighted by molar-refractivity contribution is 9.10. The van der Waals surface area contributed by atoms with E-state index in [9.17, 15) is 0 Å². The van der Waals surface area contributed by atoms with Crippen molar-refractivity contribution in [2.24, 2.45) is 0 Å². The number of benzene rings is 1. The van der Waals surface area contributed by atoms with Gasteiger partial charge in [0.15, 0.2) is 0 Å². The number of nitrogens with one attached hydrogen (secondary N) is 1. The first-order chi connectivity index (χ1) is 8.61. The molecule has 2 aromatic rings. The van der Waals surface area contributed by atoms with Crippen LogP contribution in [0.15, 0.2) is 34.9 Å². The molecule has 0 saturated heterocycles. The topological polar surface area (TPSA) is 48.7 Å². The van der Waals surface area contributed by atoms with Gasteiger partial charge in [0, 0.05) is 6.20 Å². The molecule has 0 aliphatic rings. The first-order valence-corrected chi connectivity index (χ1v) is 6.36. The van der Waals surface area contributed by atoms with Crippen molar-refractivity contribution in [1.82, 2.24) is 4.98 Å². The lowest BCUT2D eigenvalue weighted by molar-refractivity contribution is 1.28. The summed E-state index contributed by atoms with van der Waals surface area (Å²) in [6.07, 6.45) is 1.55. The van der Waals surface area contributed by atoms with Gasteiger partial charge in [-0.15, -0.1) is 0 Å². The third kappa shape index (κ3) is 2.63. The highest BCUT2D eigenvalue weighted by Crippen LogP contribution is 2.28. The lowest BCUT2D eigenvalue weighted by Gasteiger charge is -2.10. The van der Waals surface area contributed by atoms with Crippen LogP contribution in [0.4, 0.5) is 11.5 Å². The Kier molecular flexibility index (Phi) is 3.85. The summed E-state index contributed by atoms with van der Waals surface area (Å²) in [7, 11) is 0. The predicted octanol–water partition coefficient (Wildman–Crippen LogP) is 4.42. The number of rotatable bonds is 2. The number of pyridine rings is 1. The SMILES string of the molecule is Cc1cccc(Nc2ncc(Cl)cc2Br)c1C#N. The second-order valence-electron chi connectivity index (χ2n) is 3.72. The van der Waals surface area contributed by atoms with Gasteiger partial charge in [-0.05, 0) is 40.5 Å². The van der Waals surface area contributed by atoms with Gasteiger partial charge in [0.1, 0.15) is 11.9 Å². The maximum Gasteiger partial charge on any atom is 0.144 e. The summed E-state index contributed by atoms with van der Waals surface area (Å²) < 4.78 is 0.750. The second-order valence-corrected chi connectivity index (χ2v) is 5.01. The van der Waals surface area contributed by atoms with Gasteiger partial charge in [0.2, 0.25) is 0 Å². The van der Waals surface area contributed by atoms with Gasteiger partial charge in [-0.25, -0.2) is 4.98 Å². The molecule has 0 atom stereocenters. The van der Waals surface area contributed by atoms with E-state index < -0.39 is 0 Å². The Morgan fingerprint density at radius 1 is 1.44 bits per heavy atom. The number of halogens is 2. The molecule has 1 N–H and O–H groups in total. The van der Waals surface area contributed by atoms with Crippen molar-refractivity contribution in [3.8, 4) is 6.07 Å². The predicted molar refractivity (Wildman–Crippen MR) is 76.1 cm³/mol. The maximum absolute atomic E-state index is 9.15. The lowest BCUT2D eigenvalue weighted by Crippen LogP contribution is -1.98. The molecular weight excluding hydrogens is 314 g/mol. The molecule has 0 radical (unpaired) electrons. The van der Waals surface area contributed by atoms with Crippen LogP contribution in [0.3, 0.4) is 0 Å². The normalized spacial score (nSPS) is 9.89. The molecule has 1 aromatic heterocycles. The maximum atomic E-state index is 9.15. The Hall–Kier alpha value is -1.57. The summed E-state index contributed by atoms with van der Waals surface area (Å²) in [5.74, 6) is 0.626. The van der Waals surface area contributed by atoms with Crippen LogP contribution in [-0.2, 0) is 0 Å². The van der Waals surface area contributed by atoms with E-state index in [1.54, 1.807) is 12.3 Å². The molecule has 0 fully saturated rings. The van der Waals surface area contributed by atoms with Gasteiger partial charge in [-0.3, -0.25) is 0 Å². The van der Waals surface area contributed by atoms with Crippen LogP contribution < -0.4 is 5.32 Å². The summed E-state index contributed by atoms with van der Waals surface area (Å²) in [6, 6.07) is 9.56. The Balaban J connectivity index is 2.41. The summed E-state index contributed by atoms with van der Waals surface area (Å²) in [5.41, 5.74) is 2.27. The minimum absolute atomic E-state index is 0.553. The van der Waals surface area contributed by atoms with Crippen LogP contribution in [-0.4, -0.2) is 4.98 Å². The fourth-order valence-electron chi connectivity index (χ4n) is 1.55. The molecule has 3 nitrogen and oxygen atoms in total. The smallest absolute Gasteiger partial charge is 0.144 e. The molecular formula is C13H9BrClN3. The van der Waals surface area contributed by atoms with E-state index >= 15 is 0 Å². The van der Waals surface area contributed by atoms with Crippen LogP contribution in [0, 0.1) is 18.3 Å². The largest absolute Gasteiger partial charge is 0.338 e. The van der Waals surface area contributed by atoms with E-state index in [0.29, 0.717) is 16.4 Å². The number of hydrogen-bond acceptors (Lipinski definition) is 3. The minimum atomic E-state index is 0.553. The van der Waals surface area contributed by atoms with Gasteiger partial charge < -0.3 is 5.32 Å². The summed E-state index contributed by atoms with van der Waals surface area (Å²) in [6.45, 7) is 1.90. The van der Waals surface area contributed by atoms with Gasteiger partial charge in [0.05, 0.1) is 20.7 Å². The van der Waals surface area contributed by atoms with Crippen LogP contribution in [0.2, 0.25) is 5.02 Å². The van der Waals surface area contributed by atoms with Crippen molar-refractivity contribution < 1.29 is 0 Å². The molecule has 0 saturated carbocycles. The molecule has 2 rings (SSSR count). The fourth-order valence-corrected chi connectivity index (χ4v) is 2.29. The number of aromatic nitrogens is 1. The molecule has 5 heteroatoms. The van der Waals surface area contributed by atoms with Crippen molar-refractivity contribution in [2.75, 3.05) is 5.32 Å². The summed E-state index contributed by atoms with van der Waals surface area (Å²) in [4.78, 5) is 4.18. The van der Waals surface area contributed by atoms with E-state index in [1.165, 1.54) is 0 Å². The standard InChI is InChI=1S/C13H9BrClN3/c1-8-3-2-4-12(10(8)6-16)18-13-11(14)5-9(15)7-17-13/h2-5,7H,1H3,(H,17,18). The quantitative estimate of drug-likeness (QED) is 0.890. The molecule has 0 unspecified atom stereocenters. The fraction of sp³-hybridized carbons (Fsp3) is 0.0769. The number of nitrogens with zero attached hydrogens (tertiary/aromatic N) is 2. The van der Waals surface area contributed by atoms with E-state index in [0.717, 1.165) is 15.7 Å². The third-order valence-corrected chi connectivity index (χ3v) is 3.26. The molecule has 0 bridgehead atoms. The Morgan fingerprint density at radius 3 is 2.89 bits per heavy atom. The molecule has 1 aromatic carbocycles. The first kappa shape index (κ1) is 12.9. The Morgan fingerprint density at radius 2 is 2.22 bits per heavy atom. The number of nitriles is 1. The van der Waals surface area contributed by atoms with Crippen LogP contribution in [0.25, 0.3) is 0 Å². The molecule has 0 aliphatic carbocycles. The first-order valence-electron chi connectivity index (χ1n) is 5.19. The van der Waals surface area contributed by atoms with E-state index in [2.05, 4.69) is 32.3 Å². The number of aryl methyl sites for hydroxylation is 1. The van der Waals surface area contributed by atoms with Crippen molar-refractivity contribution in [1.29, 1.82) is 5.26 Å². The number of anilines is 2. The number of hydrogen-bond donors (Lipinski definition) is 1. The van der Waals surface area contributed by atoms with Crippen LogP contribution >= 0.6 is 27.5 Å². The Bertz CT molecular complexity index is 635. The zero-order valence-corrected chi connectivity index (χ0v) is 11.9. The Labute approximate surface area is 119 Å². The van der Waals surface area contributed by atoms with Gasteiger partial charge in [-0.1, -0.05) is 23.7 Å². The third-order valence-electron chi connectivity index (χ3n) is 2.45. The lowest BCUT2D eigenvalue weighted by atomic mass is 10.1. The highest BCUT2D eigenvalue weighted by Gasteiger charge is 2.08. The van der Waals surface area contributed by atoms with Crippen molar-refractivity contribution in [3.05, 3.63) is 51.1 Å². The second kappa shape index (κ2) is 5.38. The average molecular weight is 323 g/mol. The van der Waals surface area contributed by atoms with E-state index in [1.807, 2.05) is 25.1 Å². The molecule has 0 aliphatic heterocycles. The van der Waals surface area contributed by atoms with Crippen molar-refractivity contribution >= 4 is 39.0 Å². The zero-order valence-electron chi connectivity index (χ0n) is 9.54.